The molecule has 1 aromatic carbocycles. The van der Waals surface area contributed by atoms with Crippen LogP contribution in [0.3, 0.4) is 0 Å². The molecule has 0 atom stereocenters. The van der Waals surface area contributed by atoms with Crippen molar-refractivity contribution in [2.45, 2.75) is 20.5 Å². The van der Waals surface area contributed by atoms with Gasteiger partial charge in [-0.15, -0.1) is 11.3 Å². The molecule has 112 valence electrons. The molecular formula is C15H18N2O3S. The van der Waals surface area contributed by atoms with E-state index in [-0.39, 0.29) is 19.2 Å². The van der Waals surface area contributed by atoms with Crippen LogP contribution in [0.25, 0.3) is 0 Å². The van der Waals surface area contributed by atoms with E-state index in [0.29, 0.717) is 6.61 Å². The maximum absolute atomic E-state index is 11.3. The van der Waals surface area contributed by atoms with Gasteiger partial charge in [-0.3, -0.25) is 0 Å². The van der Waals surface area contributed by atoms with Crippen LogP contribution < -0.4 is 5.32 Å². The molecule has 0 aliphatic carbocycles. The van der Waals surface area contributed by atoms with Gasteiger partial charge in [-0.2, -0.15) is 0 Å². The molecule has 0 bridgehead atoms. The molecule has 2 rings (SSSR count). The molecule has 5 nitrogen and oxygen atoms in total. The molecule has 0 aliphatic rings. The number of nitrogens with zero attached hydrogens (tertiary/aromatic N) is 1. The highest BCUT2D eigenvalue weighted by atomic mass is 32.1. The highest BCUT2D eigenvalue weighted by Crippen LogP contribution is 2.21. The minimum absolute atomic E-state index is 0.0187. The van der Waals surface area contributed by atoms with Crippen LogP contribution in [-0.2, 0) is 20.9 Å². The predicted octanol–water partition coefficient (Wildman–Crippen LogP) is 3.27. The smallest absolute Gasteiger partial charge is 0.332 e. The fourth-order valence-electron chi connectivity index (χ4n) is 1.57. The molecule has 21 heavy (non-hydrogen) atoms. The first-order chi connectivity index (χ1) is 10.2. The molecule has 0 radical (unpaired) electrons. The van der Waals surface area contributed by atoms with Gasteiger partial charge in [-0.25, -0.2) is 9.78 Å². The molecule has 1 aromatic heterocycles. The SMILES string of the molecule is CCOCC(=O)OCc1csc(Nc2ccc(C)cc2)n1. The number of ether oxygens (including phenoxy) is 2. The summed E-state index contributed by atoms with van der Waals surface area (Å²) in [7, 11) is 0. The maximum atomic E-state index is 11.3. The van der Waals surface area contributed by atoms with Gasteiger partial charge in [0, 0.05) is 17.7 Å². The third-order valence-electron chi connectivity index (χ3n) is 2.66. The number of carbonyl (C=O) groups is 1. The Morgan fingerprint density at radius 3 is 2.81 bits per heavy atom. The second-order valence-corrected chi connectivity index (χ2v) is 5.29. The molecule has 1 N–H and O–H groups in total. The number of thiazole rings is 1. The number of hydrogen-bond acceptors (Lipinski definition) is 6. The number of rotatable bonds is 7. The average molecular weight is 306 g/mol. The molecule has 6 heteroatoms. The van der Waals surface area contributed by atoms with Crippen molar-refractivity contribution < 1.29 is 14.3 Å². The summed E-state index contributed by atoms with van der Waals surface area (Å²) >= 11 is 1.47. The molecule has 0 fully saturated rings. The molecule has 0 saturated carbocycles. The quantitative estimate of drug-likeness (QED) is 0.796. The normalized spacial score (nSPS) is 10.4. The van der Waals surface area contributed by atoms with Gasteiger partial charge in [-0.05, 0) is 26.0 Å². The first-order valence-electron chi connectivity index (χ1n) is 6.69. The molecule has 0 aliphatic heterocycles. The van der Waals surface area contributed by atoms with Crippen molar-refractivity contribution in [3.05, 3.63) is 40.9 Å². The summed E-state index contributed by atoms with van der Waals surface area (Å²) in [6.07, 6.45) is 0. The van der Waals surface area contributed by atoms with E-state index in [9.17, 15) is 4.79 Å². The Morgan fingerprint density at radius 2 is 2.10 bits per heavy atom. The lowest BCUT2D eigenvalue weighted by molar-refractivity contribution is -0.150. The number of esters is 1. The van der Waals surface area contributed by atoms with Crippen molar-refractivity contribution in [1.82, 2.24) is 4.98 Å². The second-order valence-electron chi connectivity index (χ2n) is 4.43. The van der Waals surface area contributed by atoms with Crippen LogP contribution in [0.2, 0.25) is 0 Å². The van der Waals surface area contributed by atoms with E-state index in [0.717, 1.165) is 16.5 Å². The number of benzene rings is 1. The van der Waals surface area contributed by atoms with E-state index >= 15 is 0 Å². The van der Waals surface area contributed by atoms with Crippen molar-refractivity contribution in [2.75, 3.05) is 18.5 Å². The zero-order valence-corrected chi connectivity index (χ0v) is 12.9. The molecule has 0 amide bonds. The zero-order chi connectivity index (χ0) is 15.1. The van der Waals surface area contributed by atoms with Crippen molar-refractivity contribution >= 4 is 28.1 Å². The van der Waals surface area contributed by atoms with Crippen LogP contribution in [0, 0.1) is 6.92 Å². The van der Waals surface area contributed by atoms with E-state index in [1.165, 1.54) is 16.9 Å². The summed E-state index contributed by atoms with van der Waals surface area (Å²) in [5.74, 6) is -0.377. The summed E-state index contributed by atoms with van der Waals surface area (Å²) < 4.78 is 10.0. The standard InChI is InChI=1S/C15H18N2O3S/c1-3-19-9-14(18)20-8-13-10-21-15(17-13)16-12-6-4-11(2)5-7-12/h4-7,10H,3,8-9H2,1-2H3,(H,16,17). The number of nitrogens with one attached hydrogen (secondary N) is 1. The Bertz CT molecular complexity index is 581. The Kier molecular flexibility index (Phi) is 5.71. The Hall–Kier alpha value is -1.92. The van der Waals surface area contributed by atoms with Crippen molar-refractivity contribution in [2.24, 2.45) is 0 Å². The summed E-state index contributed by atoms with van der Waals surface area (Å²) in [5.41, 5.74) is 2.91. The largest absolute Gasteiger partial charge is 0.457 e. The summed E-state index contributed by atoms with van der Waals surface area (Å²) in [5, 5.41) is 5.85. The average Bonchev–Trinajstić information content (AvgIpc) is 2.93. The Balaban J connectivity index is 1.83. The number of aryl methyl sites for hydroxylation is 1. The van der Waals surface area contributed by atoms with Gasteiger partial charge in [0.15, 0.2) is 5.13 Å². The van der Waals surface area contributed by atoms with Crippen LogP contribution in [0.15, 0.2) is 29.6 Å². The number of carbonyl (C=O) groups excluding carboxylic acids is 1. The lowest BCUT2D eigenvalue weighted by atomic mass is 10.2. The van der Waals surface area contributed by atoms with E-state index in [1.54, 1.807) is 0 Å². The van der Waals surface area contributed by atoms with Gasteiger partial charge in [0.05, 0.1) is 5.69 Å². The number of anilines is 2. The van der Waals surface area contributed by atoms with Crippen molar-refractivity contribution in [1.29, 1.82) is 0 Å². The van der Waals surface area contributed by atoms with E-state index < -0.39 is 0 Å². The van der Waals surface area contributed by atoms with Gasteiger partial charge >= 0.3 is 5.97 Å². The van der Waals surface area contributed by atoms with Gasteiger partial charge in [0.2, 0.25) is 0 Å². The summed E-state index contributed by atoms with van der Waals surface area (Å²) in [6, 6.07) is 8.07. The van der Waals surface area contributed by atoms with Gasteiger partial charge in [0.25, 0.3) is 0 Å². The third-order valence-corrected chi connectivity index (χ3v) is 3.47. The minimum Gasteiger partial charge on any atom is -0.457 e. The summed E-state index contributed by atoms with van der Waals surface area (Å²) in [4.78, 5) is 15.7. The first kappa shape index (κ1) is 15.5. The fraction of sp³-hybridized carbons (Fsp3) is 0.333. The Morgan fingerprint density at radius 1 is 1.33 bits per heavy atom. The molecular weight excluding hydrogens is 288 g/mol. The maximum Gasteiger partial charge on any atom is 0.332 e. The molecule has 2 aromatic rings. The number of hydrogen-bond donors (Lipinski definition) is 1. The monoisotopic (exact) mass is 306 g/mol. The third kappa shape index (κ3) is 5.17. The van der Waals surface area contributed by atoms with Crippen LogP contribution in [0.5, 0.6) is 0 Å². The lowest BCUT2D eigenvalue weighted by Crippen LogP contribution is -2.12. The van der Waals surface area contributed by atoms with Crippen molar-refractivity contribution in [3.63, 3.8) is 0 Å². The molecule has 0 unspecified atom stereocenters. The lowest BCUT2D eigenvalue weighted by Gasteiger charge is -2.03. The number of aromatic nitrogens is 1. The van der Waals surface area contributed by atoms with Gasteiger partial charge in [0.1, 0.15) is 13.2 Å². The second kappa shape index (κ2) is 7.75. The van der Waals surface area contributed by atoms with Crippen LogP contribution in [0.4, 0.5) is 10.8 Å². The topological polar surface area (TPSA) is 60.5 Å². The van der Waals surface area contributed by atoms with Crippen LogP contribution in [0.1, 0.15) is 18.2 Å². The van der Waals surface area contributed by atoms with Crippen LogP contribution in [-0.4, -0.2) is 24.2 Å². The minimum atomic E-state index is -0.377. The predicted molar refractivity (Wildman–Crippen MR) is 82.9 cm³/mol. The van der Waals surface area contributed by atoms with Crippen LogP contribution >= 0.6 is 11.3 Å². The molecule has 0 saturated heterocycles. The highest BCUT2D eigenvalue weighted by Gasteiger charge is 2.06. The first-order valence-corrected chi connectivity index (χ1v) is 7.57. The van der Waals surface area contributed by atoms with Gasteiger partial charge < -0.3 is 14.8 Å². The summed E-state index contributed by atoms with van der Waals surface area (Å²) in [6.45, 7) is 4.52. The highest BCUT2D eigenvalue weighted by molar-refractivity contribution is 7.13. The fourth-order valence-corrected chi connectivity index (χ4v) is 2.29. The Labute approximate surface area is 127 Å². The molecule has 0 spiro atoms. The van der Waals surface area contributed by atoms with Gasteiger partial charge in [-0.1, -0.05) is 17.7 Å². The van der Waals surface area contributed by atoms with Crippen molar-refractivity contribution in [3.8, 4) is 0 Å². The zero-order valence-electron chi connectivity index (χ0n) is 12.1. The van der Waals surface area contributed by atoms with E-state index in [2.05, 4.69) is 10.3 Å². The van der Waals surface area contributed by atoms with E-state index in [1.807, 2.05) is 43.5 Å². The molecule has 1 heterocycles. The van der Waals surface area contributed by atoms with E-state index in [4.69, 9.17) is 9.47 Å².